The summed E-state index contributed by atoms with van der Waals surface area (Å²) in [6, 6.07) is 22.4. The molecule has 0 fully saturated rings. The van der Waals surface area contributed by atoms with E-state index in [1.807, 2.05) is 66.7 Å². The molecule has 40 heavy (non-hydrogen) atoms. The zero-order valence-electron chi connectivity index (χ0n) is 22.7. The highest BCUT2D eigenvalue weighted by Crippen LogP contribution is 2.50. The number of aliphatic carboxylic acids is 1. The van der Waals surface area contributed by atoms with Crippen LogP contribution in [0.3, 0.4) is 0 Å². The van der Waals surface area contributed by atoms with Crippen LogP contribution in [0, 0.1) is 6.92 Å². The number of ketones is 2. The molecule has 0 radical (unpaired) electrons. The van der Waals surface area contributed by atoms with Crippen LogP contribution in [0.25, 0.3) is 11.3 Å². The van der Waals surface area contributed by atoms with E-state index in [1.165, 1.54) is 0 Å². The van der Waals surface area contributed by atoms with Crippen LogP contribution >= 0.6 is 0 Å². The third kappa shape index (κ3) is 3.78. The van der Waals surface area contributed by atoms with Gasteiger partial charge in [0.15, 0.2) is 5.60 Å². The van der Waals surface area contributed by atoms with Gasteiger partial charge >= 0.3 is 5.97 Å². The molecule has 6 rings (SSSR count). The van der Waals surface area contributed by atoms with Gasteiger partial charge in [-0.15, -0.1) is 0 Å². The van der Waals surface area contributed by atoms with E-state index in [0.717, 1.165) is 30.4 Å². The van der Waals surface area contributed by atoms with Crippen molar-refractivity contribution in [3.05, 3.63) is 118 Å². The second-order valence-corrected chi connectivity index (χ2v) is 11.3. The van der Waals surface area contributed by atoms with Gasteiger partial charge < -0.3 is 14.3 Å². The molecule has 3 aromatic carbocycles. The average Bonchev–Trinajstić information content (AvgIpc) is 3.30. The van der Waals surface area contributed by atoms with E-state index >= 15 is 0 Å². The summed E-state index contributed by atoms with van der Waals surface area (Å²) >= 11 is 0. The number of carbonyl (C=O) groups excluding carboxylic acids is 2. The number of carboxylic acid groups (broad SMARTS) is 1. The van der Waals surface area contributed by atoms with Gasteiger partial charge in [0.05, 0.1) is 5.56 Å². The number of hydrogen-bond acceptors (Lipinski definition) is 5. The molecule has 2 aliphatic carbocycles. The van der Waals surface area contributed by atoms with Gasteiger partial charge in [0.2, 0.25) is 11.6 Å². The molecule has 0 saturated carbocycles. The Morgan fingerprint density at radius 3 is 2.12 bits per heavy atom. The Hall–Kier alpha value is -4.29. The van der Waals surface area contributed by atoms with Crippen molar-refractivity contribution < 1.29 is 28.6 Å². The fourth-order valence-corrected chi connectivity index (χ4v) is 6.55. The van der Waals surface area contributed by atoms with Crippen LogP contribution in [-0.2, 0) is 27.0 Å². The van der Waals surface area contributed by atoms with E-state index in [4.69, 9.17) is 9.15 Å². The number of hydrogen-bond donors (Lipinski definition) is 1. The molecule has 0 atom stereocenters. The lowest BCUT2D eigenvalue weighted by atomic mass is 9.69. The van der Waals surface area contributed by atoms with E-state index in [0.29, 0.717) is 33.6 Å². The number of rotatable bonds is 6. The predicted octanol–water partition coefficient (Wildman–Crippen LogP) is 6.64. The standard InChI is InChI=1S/C34H30O6/c1-20-27-29(37)30(38)28-23-15-10-18-33(2,3)25(23)17-16-24(28)31(27)40-32(20)34(39-19-26(35)36,21-11-6-4-7-12-21)22-13-8-5-9-14-22/h4-9,11-14,16-17H,10,15,18-19H2,1-3H3,(H,35,36). The first-order valence-corrected chi connectivity index (χ1v) is 13.5. The van der Waals surface area contributed by atoms with Gasteiger partial charge in [0, 0.05) is 16.7 Å². The molecule has 0 bridgehead atoms. The summed E-state index contributed by atoms with van der Waals surface area (Å²) in [7, 11) is 0. The van der Waals surface area contributed by atoms with Gasteiger partial charge in [-0.2, -0.15) is 0 Å². The Bertz CT molecular complexity index is 1620. The highest BCUT2D eigenvalue weighted by Gasteiger charge is 2.47. The molecular formula is C34H30O6. The molecule has 2 aliphatic rings. The first kappa shape index (κ1) is 26.0. The fourth-order valence-electron chi connectivity index (χ4n) is 6.55. The van der Waals surface area contributed by atoms with Crippen molar-refractivity contribution in [2.45, 2.75) is 51.0 Å². The average molecular weight is 535 g/mol. The Kier molecular flexibility index (Phi) is 6.11. The normalized spacial score (nSPS) is 15.8. The van der Waals surface area contributed by atoms with Gasteiger partial charge in [0.1, 0.15) is 18.1 Å². The minimum atomic E-state index is -1.48. The number of benzene rings is 3. The first-order valence-electron chi connectivity index (χ1n) is 13.5. The van der Waals surface area contributed by atoms with E-state index in [2.05, 4.69) is 19.9 Å². The third-order valence-corrected chi connectivity index (χ3v) is 8.41. The smallest absolute Gasteiger partial charge is 0.329 e. The Labute approximate surface area is 232 Å². The highest BCUT2D eigenvalue weighted by molar-refractivity contribution is 6.53. The molecule has 0 unspecified atom stereocenters. The second-order valence-electron chi connectivity index (χ2n) is 11.3. The molecule has 0 aliphatic heterocycles. The van der Waals surface area contributed by atoms with Crippen LogP contribution in [0.15, 0.2) is 77.2 Å². The van der Waals surface area contributed by atoms with Crippen molar-refractivity contribution in [3.8, 4) is 11.3 Å². The van der Waals surface area contributed by atoms with Crippen LogP contribution in [0.5, 0.6) is 0 Å². The summed E-state index contributed by atoms with van der Waals surface area (Å²) < 4.78 is 12.9. The first-order chi connectivity index (χ1) is 19.2. The van der Waals surface area contributed by atoms with Crippen molar-refractivity contribution in [1.29, 1.82) is 0 Å². The zero-order valence-corrected chi connectivity index (χ0v) is 22.7. The number of furan rings is 1. The van der Waals surface area contributed by atoms with E-state index in [1.54, 1.807) is 6.92 Å². The van der Waals surface area contributed by atoms with Crippen LogP contribution in [0.1, 0.15) is 81.0 Å². The van der Waals surface area contributed by atoms with Gasteiger partial charge in [-0.1, -0.05) is 86.6 Å². The Balaban J connectivity index is 1.66. The Morgan fingerprint density at radius 1 is 0.925 bits per heavy atom. The molecule has 1 heterocycles. The summed E-state index contributed by atoms with van der Waals surface area (Å²) in [6.45, 7) is 5.46. The van der Waals surface area contributed by atoms with Gasteiger partial charge in [-0.3, -0.25) is 9.59 Å². The summed E-state index contributed by atoms with van der Waals surface area (Å²) in [5.41, 5.74) is 3.40. The van der Waals surface area contributed by atoms with Crippen LogP contribution in [0.2, 0.25) is 0 Å². The van der Waals surface area contributed by atoms with Gasteiger partial charge in [-0.05, 0) is 53.9 Å². The molecule has 1 aromatic heterocycles. The number of carbonyl (C=O) groups is 3. The molecule has 4 aromatic rings. The van der Waals surface area contributed by atoms with Crippen LogP contribution < -0.4 is 0 Å². The van der Waals surface area contributed by atoms with Crippen molar-refractivity contribution in [1.82, 2.24) is 0 Å². The number of carboxylic acids is 1. The number of Topliss-reactive ketones (excluding diaryl/α,β-unsaturated/α-hetero) is 2. The zero-order chi connectivity index (χ0) is 28.2. The van der Waals surface area contributed by atoms with Gasteiger partial charge in [0.25, 0.3) is 0 Å². The molecule has 0 amide bonds. The SMILES string of the molecule is Cc1c(C(OCC(=O)O)(c2ccccc2)c2ccccc2)oc2c1C(=O)C(=O)c1c-2ccc2c1CCCC2(C)C. The van der Waals surface area contributed by atoms with Gasteiger partial charge in [-0.25, -0.2) is 4.79 Å². The van der Waals surface area contributed by atoms with E-state index < -0.39 is 29.7 Å². The fraction of sp³-hybridized carbons (Fsp3) is 0.265. The maximum absolute atomic E-state index is 13.8. The lowest BCUT2D eigenvalue weighted by Crippen LogP contribution is -2.35. The predicted molar refractivity (Wildman–Crippen MR) is 150 cm³/mol. The van der Waals surface area contributed by atoms with Crippen molar-refractivity contribution in [2.75, 3.05) is 6.61 Å². The van der Waals surface area contributed by atoms with Crippen LogP contribution in [0.4, 0.5) is 0 Å². The largest absolute Gasteiger partial charge is 0.480 e. The van der Waals surface area contributed by atoms with Crippen molar-refractivity contribution in [2.24, 2.45) is 0 Å². The van der Waals surface area contributed by atoms with Crippen molar-refractivity contribution in [3.63, 3.8) is 0 Å². The molecule has 0 saturated heterocycles. The lowest BCUT2D eigenvalue weighted by molar-refractivity contribution is -0.146. The van der Waals surface area contributed by atoms with E-state index in [9.17, 15) is 19.5 Å². The third-order valence-electron chi connectivity index (χ3n) is 8.41. The molecule has 6 nitrogen and oxygen atoms in total. The summed E-state index contributed by atoms with van der Waals surface area (Å²) in [5.74, 6) is -1.67. The quantitative estimate of drug-likeness (QED) is 0.279. The lowest BCUT2D eigenvalue weighted by Gasteiger charge is -2.34. The minimum absolute atomic E-state index is 0.100. The topological polar surface area (TPSA) is 93.8 Å². The molecular weight excluding hydrogens is 504 g/mol. The number of fused-ring (bicyclic) bond motifs is 5. The maximum atomic E-state index is 13.8. The Morgan fingerprint density at radius 2 is 1.52 bits per heavy atom. The van der Waals surface area contributed by atoms with Crippen molar-refractivity contribution >= 4 is 17.5 Å². The summed E-state index contributed by atoms with van der Waals surface area (Å²) in [6.07, 6.45) is 2.66. The van der Waals surface area contributed by atoms with E-state index in [-0.39, 0.29) is 16.7 Å². The summed E-state index contributed by atoms with van der Waals surface area (Å²) in [5, 5.41) is 9.66. The number of ether oxygens (including phenoxy) is 1. The monoisotopic (exact) mass is 534 g/mol. The van der Waals surface area contributed by atoms with Crippen LogP contribution in [-0.4, -0.2) is 29.2 Å². The summed E-state index contributed by atoms with van der Waals surface area (Å²) in [4.78, 5) is 39.3. The second kappa shape index (κ2) is 9.42. The minimum Gasteiger partial charge on any atom is -0.480 e. The molecule has 6 heteroatoms. The maximum Gasteiger partial charge on any atom is 0.329 e. The highest BCUT2D eigenvalue weighted by atomic mass is 16.5. The molecule has 1 N–H and O–H groups in total. The molecule has 0 spiro atoms. The molecule has 202 valence electrons.